The fourth-order valence-electron chi connectivity index (χ4n) is 2.05. The highest BCUT2D eigenvalue weighted by atomic mass is 127. The average molecular weight is 497 g/mol. The van der Waals surface area contributed by atoms with Crippen molar-refractivity contribution < 1.29 is 8.91 Å². The third-order valence-corrected chi connectivity index (χ3v) is 3.68. The lowest BCUT2D eigenvalue weighted by Crippen LogP contribution is -2.36. The number of rotatable bonds is 4. The van der Waals surface area contributed by atoms with Crippen LogP contribution < -0.4 is 10.6 Å². The van der Waals surface area contributed by atoms with Gasteiger partial charge in [-0.3, -0.25) is 4.99 Å². The lowest BCUT2D eigenvalue weighted by molar-refractivity contribution is 0.392. The minimum atomic E-state index is -0.273. The third-order valence-electron chi connectivity index (χ3n) is 3.22. The van der Waals surface area contributed by atoms with E-state index in [4.69, 9.17) is 4.52 Å². The lowest BCUT2D eigenvalue weighted by atomic mass is 10.2. The molecule has 0 radical (unpaired) electrons. The fraction of sp³-hybridized carbons (Fsp3) is 0.333. The third kappa shape index (κ3) is 5.76. The predicted octanol–water partition coefficient (Wildman–Crippen LogP) is 3.68. The standard InChI is InChI=1S/C15H18BrFN4O.HI/c1-9-14(10(2)22-21-9)8-20-15(18-3)19-7-11-4-12(16)6-13(17)5-11;/h4-6H,7-8H2,1-3H3,(H2,18,19,20);1H. The summed E-state index contributed by atoms with van der Waals surface area (Å²) in [6.07, 6.45) is 0. The monoisotopic (exact) mass is 496 g/mol. The molecule has 0 aliphatic rings. The van der Waals surface area contributed by atoms with Crippen molar-refractivity contribution >= 4 is 45.9 Å². The van der Waals surface area contributed by atoms with E-state index in [1.165, 1.54) is 12.1 Å². The van der Waals surface area contributed by atoms with Crippen LogP contribution in [0.4, 0.5) is 4.39 Å². The second-order valence-electron chi connectivity index (χ2n) is 4.86. The number of benzene rings is 1. The van der Waals surface area contributed by atoms with E-state index in [-0.39, 0.29) is 29.8 Å². The van der Waals surface area contributed by atoms with Crippen molar-refractivity contribution in [3.63, 3.8) is 0 Å². The normalized spacial score (nSPS) is 11.1. The predicted molar refractivity (Wildman–Crippen MR) is 103 cm³/mol. The first kappa shape index (κ1) is 19.9. The van der Waals surface area contributed by atoms with E-state index in [0.717, 1.165) is 22.6 Å². The van der Waals surface area contributed by atoms with Gasteiger partial charge in [0.1, 0.15) is 11.6 Å². The minimum Gasteiger partial charge on any atom is -0.361 e. The van der Waals surface area contributed by atoms with Crippen molar-refractivity contribution in [3.8, 4) is 0 Å². The van der Waals surface area contributed by atoms with Crippen LogP contribution in [-0.2, 0) is 13.1 Å². The molecular formula is C15H19BrFIN4O. The Hall–Kier alpha value is -1.16. The Morgan fingerprint density at radius 2 is 1.96 bits per heavy atom. The molecular weight excluding hydrogens is 478 g/mol. The van der Waals surface area contributed by atoms with Gasteiger partial charge >= 0.3 is 0 Å². The molecule has 1 aromatic heterocycles. The Labute approximate surface area is 160 Å². The van der Waals surface area contributed by atoms with Gasteiger partial charge in [0.2, 0.25) is 0 Å². The number of guanidine groups is 1. The molecule has 0 bridgehead atoms. The van der Waals surface area contributed by atoms with Gasteiger partial charge in [0, 0.05) is 30.2 Å². The molecule has 0 saturated carbocycles. The first-order chi connectivity index (χ1) is 10.5. The smallest absolute Gasteiger partial charge is 0.191 e. The summed E-state index contributed by atoms with van der Waals surface area (Å²) in [5.74, 6) is 1.14. The number of hydrogen-bond donors (Lipinski definition) is 2. The van der Waals surface area contributed by atoms with Crippen LogP contribution in [0.15, 0.2) is 32.2 Å². The molecule has 5 nitrogen and oxygen atoms in total. The molecule has 1 heterocycles. The van der Waals surface area contributed by atoms with Crippen LogP contribution in [0.1, 0.15) is 22.6 Å². The largest absolute Gasteiger partial charge is 0.361 e. The first-order valence-corrected chi connectivity index (χ1v) is 7.60. The molecule has 0 fully saturated rings. The SMILES string of the molecule is CN=C(NCc1cc(F)cc(Br)c1)NCc1c(C)noc1C.I. The van der Waals surface area contributed by atoms with Gasteiger partial charge in [0.15, 0.2) is 5.96 Å². The van der Waals surface area contributed by atoms with Crippen molar-refractivity contribution in [2.75, 3.05) is 7.05 Å². The maximum absolute atomic E-state index is 13.3. The van der Waals surface area contributed by atoms with Gasteiger partial charge in [-0.05, 0) is 37.6 Å². The van der Waals surface area contributed by atoms with Gasteiger partial charge in [0.25, 0.3) is 0 Å². The van der Waals surface area contributed by atoms with Crippen molar-refractivity contribution in [1.29, 1.82) is 0 Å². The quantitative estimate of drug-likeness (QED) is 0.385. The van der Waals surface area contributed by atoms with Crippen LogP contribution >= 0.6 is 39.9 Å². The molecule has 0 amide bonds. The molecule has 0 unspecified atom stereocenters. The Morgan fingerprint density at radius 3 is 2.52 bits per heavy atom. The van der Waals surface area contributed by atoms with Crippen LogP contribution in [0.2, 0.25) is 0 Å². The highest BCUT2D eigenvalue weighted by Crippen LogP contribution is 2.15. The van der Waals surface area contributed by atoms with Crippen molar-refractivity contribution in [1.82, 2.24) is 15.8 Å². The van der Waals surface area contributed by atoms with Gasteiger partial charge in [-0.1, -0.05) is 21.1 Å². The minimum absolute atomic E-state index is 0. The summed E-state index contributed by atoms with van der Waals surface area (Å²) < 4.78 is 19.2. The topological polar surface area (TPSA) is 62.5 Å². The van der Waals surface area contributed by atoms with Crippen LogP contribution in [-0.4, -0.2) is 18.2 Å². The molecule has 23 heavy (non-hydrogen) atoms. The van der Waals surface area contributed by atoms with Gasteiger partial charge in [-0.15, -0.1) is 24.0 Å². The van der Waals surface area contributed by atoms with Gasteiger partial charge in [-0.25, -0.2) is 4.39 Å². The number of aromatic nitrogens is 1. The van der Waals surface area contributed by atoms with E-state index in [2.05, 4.69) is 36.7 Å². The zero-order valence-electron chi connectivity index (χ0n) is 13.1. The molecule has 2 aromatic rings. The number of hydrogen-bond acceptors (Lipinski definition) is 3. The zero-order chi connectivity index (χ0) is 16.1. The number of aliphatic imine (C=N–C) groups is 1. The fourth-order valence-corrected chi connectivity index (χ4v) is 2.56. The van der Waals surface area contributed by atoms with E-state index in [9.17, 15) is 4.39 Å². The number of nitrogens with zero attached hydrogens (tertiary/aromatic N) is 2. The molecule has 0 atom stereocenters. The van der Waals surface area contributed by atoms with Crippen molar-refractivity contribution in [2.45, 2.75) is 26.9 Å². The molecule has 2 N–H and O–H groups in total. The molecule has 0 aliphatic heterocycles. The van der Waals surface area contributed by atoms with Crippen LogP contribution in [0.3, 0.4) is 0 Å². The second kappa shape index (κ2) is 9.21. The Morgan fingerprint density at radius 1 is 1.26 bits per heavy atom. The summed E-state index contributed by atoms with van der Waals surface area (Å²) in [6, 6.07) is 4.77. The van der Waals surface area contributed by atoms with Crippen LogP contribution in [0.5, 0.6) is 0 Å². The Balaban J connectivity index is 0.00000264. The van der Waals surface area contributed by atoms with E-state index in [0.29, 0.717) is 23.5 Å². The highest BCUT2D eigenvalue weighted by molar-refractivity contribution is 14.0. The Kier molecular flexibility index (Phi) is 7.97. The van der Waals surface area contributed by atoms with Gasteiger partial charge < -0.3 is 15.2 Å². The lowest BCUT2D eigenvalue weighted by Gasteiger charge is -2.12. The van der Waals surface area contributed by atoms with Gasteiger partial charge in [0.05, 0.1) is 5.69 Å². The van der Waals surface area contributed by atoms with Crippen LogP contribution in [0, 0.1) is 19.7 Å². The van der Waals surface area contributed by atoms with Crippen molar-refractivity contribution in [3.05, 3.63) is 51.1 Å². The molecule has 126 valence electrons. The molecule has 0 saturated heterocycles. The summed E-state index contributed by atoms with van der Waals surface area (Å²) in [6.45, 7) is 4.80. The molecule has 0 spiro atoms. The summed E-state index contributed by atoms with van der Waals surface area (Å²) >= 11 is 3.28. The van der Waals surface area contributed by atoms with Crippen molar-refractivity contribution in [2.24, 2.45) is 4.99 Å². The van der Waals surface area contributed by atoms with Crippen LogP contribution in [0.25, 0.3) is 0 Å². The highest BCUT2D eigenvalue weighted by Gasteiger charge is 2.09. The summed E-state index contributed by atoms with van der Waals surface area (Å²) in [7, 11) is 1.68. The van der Waals surface area contributed by atoms with Gasteiger partial charge in [-0.2, -0.15) is 0 Å². The molecule has 1 aromatic carbocycles. The maximum atomic E-state index is 13.3. The summed E-state index contributed by atoms with van der Waals surface area (Å²) in [4.78, 5) is 4.14. The van der Waals surface area contributed by atoms with E-state index >= 15 is 0 Å². The van der Waals surface area contributed by atoms with E-state index in [1.54, 1.807) is 7.05 Å². The number of halogens is 3. The van der Waals surface area contributed by atoms with E-state index in [1.807, 2.05) is 19.9 Å². The first-order valence-electron chi connectivity index (χ1n) is 6.81. The number of aryl methyl sites for hydroxylation is 2. The molecule has 2 rings (SSSR count). The van der Waals surface area contributed by atoms with E-state index < -0.39 is 0 Å². The maximum Gasteiger partial charge on any atom is 0.191 e. The average Bonchev–Trinajstić information content (AvgIpc) is 2.77. The zero-order valence-corrected chi connectivity index (χ0v) is 17.0. The summed E-state index contributed by atoms with van der Waals surface area (Å²) in [5.41, 5.74) is 2.69. The molecule has 8 heteroatoms. The second-order valence-corrected chi connectivity index (χ2v) is 5.78. The molecule has 0 aliphatic carbocycles. The Bertz CT molecular complexity index is 650. The number of nitrogens with one attached hydrogen (secondary N) is 2. The summed E-state index contributed by atoms with van der Waals surface area (Å²) in [5, 5.41) is 10.2.